The fraction of sp³-hybridized carbons (Fsp3) is 0.160. The smallest absolute Gasteiger partial charge is 0.160 e. The van der Waals surface area contributed by atoms with Gasteiger partial charge in [-0.25, -0.2) is 9.97 Å². The highest BCUT2D eigenvalue weighted by atomic mass is 14.9. The Balaban J connectivity index is 1.24. The van der Waals surface area contributed by atoms with E-state index in [-0.39, 0.29) is 10.8 Å². The first-order valence-electron chi connectivity index (χ1n) is 18.1. The van der Waals surface area contributed by atoms with E-state index in [1.807, 2.05) is 6.08 Å². The lowest BCUT2D eigenvalue weighted by Crippen LogP contribution is -2.10. The predicted molar refractivity (Wildman–Crippen MR) is 222 cm³/mol. The average Bonchev–Trinajstić information content (AvgIpc) is 3.17. The Bertz CT molecular complexity index is 2180. The van der Waals surface area contributed by atoms with Crippen LogP contribution in [0.15, 0.2) is 158 Å². The fourth-order valence-electron chi connectivity index (χ4n) is 6.49. The van der Waals surface area contributed by atoms with Crippen LogP contribution in [0.1, 0.15) is 58.2 Å². The molecule has 7 aromatic rings. The molecule has 0 atom stereocenters. The minimum absolute atomic E-state index is 0.123. The third kappa shape index (κ3) is 7.57. The van der Waals surface area contributed by atoms with E-state index in [0.717, 1.165) is 39.2 Å². The Hall–Kier alpha value is -5.86. The van der Waals surface area contributed by atoms with Crippen molar-refractivity contribution in [2.45, 2.75) is 52.4 Å². The summed E-state index contributed by atoms with van der Waals surface area (Å²) in [6.07, 6.45) is 1.87. The fourth-order valence-corrected chi connectivity index (χ4v) is 6.49. The van der Waals surface area contributed by atoms with E-state index in [9.17, 15) is 0 Å². The summed E-state index contributed by atoms with van der Waals surface area (Å²) in [6.45, 7) is 17.4. The molecule has 0 saturated heterocycles. The maximum atomic E-state index is 5.14. The Morgan fingerprint density at radius 1 is 0.365 bits per heavy atom. The summed E-state index contributed by atoms with van der Waals surface area (Å²) in [6, 6.07) is 54.3. The summed E-state index contributed by atoms with van der Waals surface area (Å²) in [5, 5.41) is 0. The van der Waals surface area contributed by atoms with E-state index in [4.69, 9.17) is 9.97 Å². The van der Waals surface area contributed by atoms with Crippen LogP contribution < -0.4 is 0 Å². The summed E-state index contributed by atoms with van der Waals surface area (Å²) >= 11 is 0. The van der Waals surface area contributed by atoms with Crippen molar-refractivity contribution in [2.75, 3.05) is 0 Å². The molecule has 0 N–H and O–H groups in total. The largest absolute Gasteiger partial charge is 0.228 e. The van der Waals surface area contributed by atoms with Crippen molar-refractivity contribution in [3.05, 3.63) is 175 Å². The second-order valence-electron chi connectivity index (χ2n) is 15.7. The molecule has 0 spiro atoms. The number of hydrogen-bond donors (Lipinski definition) is 0. The summed E-state index contributed by atoms with van der Waals surface area (Å²) < 4.78 is 0. The van der Waals surface area contributed by atoms with Crippen molar-refractivity contribution in [1.29, 1.82) is 0 Å². The number of benzene rings is 6. The van der Waals surface area contributed by atoms with Crippen LogP contribution in [0, 0.1) is 0 Å². The molecule has 0 unspecified atom stereocenters. The topological polar surface area (TPSA) is 25.8 Å². The van der Waals surface area contributed by atoms with Crippen LogP contribution in [0.5, 0.6) is 0 Å². The summed E-state index contributed by atoms with van der Waals surface area (Å²) in [7, 11) is 0. The lowest BCUT2D eigenvalue weighted by atomic mass is 9.86. The molecule has 0 saturated carbocycles. The van der Waals surface area contributed by atoms with Gasteiger partial charge in [-0.2, -0.15) is 0 Å². The van der Waals surface area contributed by atoms with Gasteiger partial charge >= 0.3 is 0 Å². The monoisotopic (exact) mass is 674 g/mol. The van der Waals surface area contributed by atoms with Crippen molar-refractivity contribution >= 4 is 6.08 Å². The number of rotatable bonds is 7. The van der Waals surface area contributed by atoms with Gasteiger partial charge in [0.15, 0.2) is 5.82 Å². The Labute approximate surface area is 309 Å². The van der Waals surface area contributed by atoms with Gasteiger partial charge in [0.05, 0.1) is 11.4 Å². The first-order valence-corrected chi connectivity index (χ1v) is 18.1. The van der Waals surface area contributed by atoms with Gasteiger partial charge in [-0.1, -0.05) is 200 Å². The molecule has 2 nitrogen and oxygen atoms in total. The zero-order chi connectivity index (χ0) is 36.5. The molecule has 1 heterocycles. The molecule has 0 aliphatic rings. The maximum absolute atomic E-state index is 5.14. The summed E-state index contributed by atoms with van der Waals surface area (Å²) in [5.41, 5.74) is 16.0. The molecular weight excluding hydrogens is 629 g/mol. The van der Waals surface area contributed by atoms with Gasteiger partial charge in [0.1, 0.15) is 0 Å². The summed E-state index contributed by atoms with van der Waals surface area (Å²) in [5.74, 6) is 0.702. The van der Waals surface area contributed by atoms with Crippen molar-refractivity contribution in [1.82, 2.24) is 9.97 Å². The maximum Gasteiger partial charge on any atom is 0.160 e. The van der Waals surface area contributed by atoms with E-state index in [1.54, 1.807) is 0 Å². The molecule has 6 aromatic carbocycles. The first-order chi connectivity index (χ1) is 24.9. The van der Waals surface area contributed by atoms with Gasteiger partial charge in [0, 0.05) is 16.7 Å². The molecule has 0 fully saturated rings. The van der Waals surface area contributed by atoms with Crippen molar-refractivity contribution < 1.29 is 0 Å². The molecular formula is C50H46N2. The lowest BCUT2D eigenvalue weighted by Gasteiger charge is -2.19. The Kier molecular flexibility index (Phi) is 9.34. The quantitative estimate of drug-likeness (QED) is 0.168. The van der Waals surface area contributed by atoms with Crippen molar-refractivity contribution in [3.63, 3.8) is 0 Å². The van der Waals surface area contributed by atoms with E-state index < -0.39 is 0 Å². The highest BCUT2D eigenvalue weighted by Gasteiger charge is 2.16. The van der Waals surface area contributed by atoms with E-state index >= 15 is 0 Å². The molecule has 0 bridgehead atoms. The molecule has 256 valence electrons. The van der Waals surface area contributed by atoms with Gasteiger partial charge in [0.25, 0.3) is 0 Å². The standard InChI is InChI=1S/C50H46N2/c1-8-34-9-11-35(12-10-34)36-13-19-41(20-14-36)46-33-47(42-21-15-37(16-22-42)39-25-29-44(30-26-39)49(2,3)4)52-48(51-46)43-23-17-38(18-24-43)40-27-31-45(32-28-40)50(5,6)7/h8-33H,1H2,2-7H3. The van der Waals surface area contributed by atoms with Gasteiger partial charge in [0.2, 0.25) is 0 Å². The van der Waals surface area contributed by atoms with Crippen molar-refractivity contribution in [2.24, 2.45) is 0 Å². The van der Waals surface area contributed by atoms with Crippen LogP contribution >= 0.6 is 0 Å². The average molecular weight is 675 g/mol. The Morgan fingerprint density at radius 3 is 0.942 bits per heavy atom. The van der Waals surface area contributed by atoms with E-state index in [2.05, 4.69) is 200 Å². The lowest BCUT2D eigenvalue weighted by molar-refractivity contribution is 0.590. The molecule has 0 amide bonds. The van der Waals surface area contributed by atoms with Crippen LogP contribution in [0.3, 0.4) is 0 Å². The molecule has 0 aliphatic heterocycles. The zero-order valence-electron chi connectivity index (χ0n) is 31.1. The third-order valence-electron chi connectivity index (χ3n) is 9.88. The van der Waals surface area contributed by atoms with E-state index in [0.29, 0.717) is 5.82 Å². The minimum Gasteiger partial charge on any atom is -0.228 e. The van der Waals surface area contributed by atoms with Gasteiger partial charge < -0.3 is 0 Å². The number of aromatic nitrogens is 2. The SMILES string of the molecule is C=Cc1ccc(-c2ccc(-c3cc(-c4ccc(-c5ccc(C(C)(C)C)cc5)cc4)nc(-c4ccc(-c5ccc(C(C)(C)C)cc5)cc4)n3)cc2)cc1. The highest BCUT2D eigenvalue weighted by Crippen LogP contribution is 2.33. The Morgan fingerprint density at radius 2 is 0.635 bits per heavy atom. The van der Waals surface area contributed by atoms with Crippen LogP contribution in [0.4, 0.5) is 0 Å². The number of nitrogens with zero attached hydrogens (tertiary/aromatic N) is 2. The third-order valence-corrected chi connectivity index (χ3v) is 9.88. The second-order valence-corrected chi connectivity index (χ2v) is 15.7. The van der Waals surface area contributed by atoms with E-state index in [1.165, 1.54) is 38.9 Å². The van der Waals surface area contributed by atoms with Crippen molar-refractivity contribution in [3.8, 4) is 67.3 Å². The minimum atomic E-state index is 0.123. The highest BCUT2D eigenvalue weighted by molar-refractivity contribution is 5.77. The molecule has 7 rings (SSSR count). The zero-order valence-corrected chi connectivity index (χ0v) is 31.1. The molecule has 1 aromatic heterocycles. The van der Waals surface area contributed by atoms with Crippen LogP contribution in [0.25, 0.3) is 73.4 Å². The molecule has 0 radical (unpaired) electrons. The normalized spacial score (nSPS) is 11.7. The predicted octanol–water partition coefficient (Wildman–Crippen LogP) is 13.7. The molecule has 2 heteroatoms. The first kappa shape index (κ1) is 34.6. The van der Waals surface area contributed by atoms with Gasteiger partial charge in [-0.3, -0.25) is 0 Å². The van der Waals surface area contributed by atoms with Crippen LogP contribution in [0.2, 0.25) is 0 Å². The number of hydrogen-bond acceptors (Lipinski definition) is 2. The second kappa shape index (κ2) is 14.0. The van der Waals surface area contributed by atoms with Crippen LogP contribution in [-0.2, 0) is 10.8 Å². The molecule has 0 aliphatic carbocycles. The molecule has 52 heavy (non-hydrogen) atoms. The summed E-state index contributed by atoms with van der Waals surface area (Å²) in [4.78, 5) is 10.3. The van der Waals surface area contributed by atoms with Crippen LogP contribution in [-0.4, -0.2) is 9.97 Å². The van der Waals surface area contributed by atoms with Gasteiger partial charge in [-0.15, -0.1) is 0 Å². The van der Waals surface area contributed by atoms with Gasteiger partial charge in [-0.05, 0) is 67.0 Å².